The summed E-state index contributed by atoms with van der Waals surface area (Å²) in [7, 11) is 0. The van der Waals surface area contributed by atoms with Gasteiger partial charge in [0.25, 0.3) is 0 Å². The van der Waals surface area contributed by atoms with Crippen LogP contribution in [0.2, 0.25) is 0 Å². The second kappa shape index (κ2) is 7.45. The lowest BCUT2D eigenvalue weighted by Gasteiger charge is -2.71. The summed E-state index contributed by atoms with van der Waals surface area (Å²) in [4.78, 5) is 0. The van der Waals surface area contributed by atoms with Gasteiger partial charge in [0.05, 0.1) is 29.5 Å². The van der Waals surface area contributed by atoms with Gasteiger partial charge in [0.2, 0.25) is 0 Å². The number of hydrogen-bond donors (Lipinski definition) is 3. The van der Waals surface area contributed by atoms with Gasteiger partial charge in [-0.15, -0.1) is 0 Å². The van der Waals surface area contributed by atoms with Crippen molar-refractivity contribution >= 4 is 0 Å². The largest absolute Gasteiger partial charge is 0.393 e. The quantitative estimate of drug-likeness (QED) is 0.453. The highest BCUT2D eigenvalue weighted by Gasteiger charge is 2.73. The molecule has 0 spiro atoms. The highest BCUT2D eigenvalue weighted by atomic mass is 16.5. The zero-order valence-electron chi connectivity index (χ0n) is 23.2. The van der Waals surface area contributed by atoms with E-state index in [1.165, 1.54) is 6.42 Å². The van der Waals surface area contributed by atoms with Crippen LogP contribution in [0.1, 0.15) is 113 Å². The van der Waals surface area contributed by atoms with Gasteiger partial charge >= 0.3 is 0 Å². The van der Waals surface area contributed by atoms with Gasteiger partial charge in [-0.25, -0.2) is 0 Å². The van der Waals surface area contributed by atoms with Crippen molar-refractivity contribution in [1.82, 2.24) is 0 Å². The van der Waals surface area contributed by atoms with Crippen molar-refractivity contribution in [2.45, 2.75) is 143 Å². The Bertz CT molecular complexity index is 823. The van der Waals surface area contributed by atoms with Crippen LogP contribution < -0.4 is 0 Å². The van der Waals surface area contributed by atoms with E-state index in [0.29, 0.717) is 11.8 Å². The lowest BCUT2D eigenvalue weighted by molar-refractivity contribution is -0.279. The Balaban J connectivity index is 1.54. The molecule has 4 saturated carbocycles. The molecule has 1 aliphatic heterocycles. The molecular weight excluding hydrogens is 424 g/mol. The Hall–Kier alpha value is -0.160. The number of aliphatic hydroxyl groups excluding tert-OH is 3. The Morgan fingerprint density at radius 1 is 0.735 bits per heavy atom. The molecule has 0 unspecified atom stereocenters. The Morgan fingerprint density at radius 3 is 2.06 bits per heavy atom. The van der Waals surface area contributed by atoms with Crippen LogP contribution in [0, 0.1) is 45.3 Å². The van der Waals surface area contributed by atoms with Crippen molar-refractivity contribution in [2.75, 3.05) is 0 Å². The van der Waals surface area contributed by atoms with Crippen LogP contribution in [0.4, 0.5) is 0 Å². The fourth-order valence-corrected chi connectivity index (χ4v) is 11.5. The summed E-state index contributed by atoms with van der Waals surface area (Å²) in [6.45, 7) is 18.4. The predicted molar refractivity (Wildman–Crippen MR) is 135 cm³/mol. The van der Waals surface area contributed by atoms with E-state index < -0.39 is 6.10 Å². The summed E-state index contributed by atoms with van der Waals surface area (Å²) in [6.07, 6.45) is 7.79. The smallest absolute Gasteiger partial charge is 0.0693 e. The summed E-state index contributed by atoms with van der Waals surface area (Å²) < 4.78 is 6.83. The van der Waals surface area contributed by atoms with Crippen LogP contribution >= 0.6 is 0 Å². The first kappa shape index (κ1) is 25.5. The molecule has 4 nitrogen and oxygen atoms in total. The van der Waals surface area contributed by atoms with Crippen molar-refractivity contribution in [1.29, 1.82) is 0 Å². The molecule has 1 heterocycles. The first-order valence-electron chi connectivity index (χ1n) is 14.3. The molecule has 5 fully saturated rings. The van der Waals surface area contributed by atoms with Crippen LogP contribution in [-0.2, 0) is 4.74 Å². The van der Waals surface area contributed by atoms with Crippen molar-refractivity contribution in [3.63, 3.8) is 0 Å². The number of aliphatic hydroxyl groups is 3. The van der Waals surface area contributed by atoms with E-state index >= 15 is 0 Å². The normalized spacial score (nSPS) is 58.5. The average Bonchev–Trinajstić information content (AvgIpc) is 3.07. The van der Waals surface area contributed by atoms with Crippen molar-refractivity contribution in [2.24, 2.45) is 45.3 Å². The van der Waals surface area contributed by atoms with Gasteiger partial charge in [-0.1, -0.05) is 34.6 Å². The SMILES string of the molecule is CC1(C)CCC[C@@](C)([C@H]2CC[C@]3(C)[C@@H]2[C@@H](O)C[C@H]2[C@@]4(C)CC[C@@H](O)C(C)(C)[C@@H]4[C@@H](O)C[C@]23C)O1. The van der Waals surface area contributed by atoms with Crippen LogP contribution in [0.3, 0.4) is 0 Å². The molecule has 0 amide bonds. The first-order chi connectivity index (χ1) is 15.5. The molecule has 0 aromatic rings. The van der Waals surface area contributed by atoms with Crippen LogP contribution in [0.25, 0.3) is 0 Å². The number of rotatable bonds is 1. The summed E-state index contributed by atoms with van der Waals surface area (Å²) in [6, 6.07) is 0. The molecule has 1 saturated heterocycles. The molecule has 5 aliphatic rings. The zero-order valence-corrected chi connectivity index (χ0v) is 23.2. The van der Waals surface area contributed by atoms with E-state index in [4.69, 9.17) is 4.74 Å². The van der Waals surface area contributed by atoms with E-state index in [2.05, 4.69) is 55.4 Å². The van der Waals surface area contributed by atoms with E-state index in [9.17, 15) is 15.3 Å². The highest BCUT2D eigenvalue weighted by Crippen LogP contribution is 2.76. The molecule has 4 heteroatoms. The third-order valence-corrected chi connectivity index (χ3v) is 13.0. The molecule has 11 atom stereocenters. The standard InChI is InChI=1S/C30H52O4/c1-25(2)12-9-13-30(8,34-25)18-10-15-28(6)23(18)19(31)16-21-27(5)14-11-22(33)26(3,4)24(27)20(32)17-29(21,28)7/h18-24,31-33H,9-17H2,1-8H3/t18-,19-,20-,21-,22+,23-,24-,27+,28+,29+,30-/m0/s1. The van der Waals surface area contributed by atoms with E-state index in [-0.39, 0.29) is 56.9 Å². The maximum atomic E-state index is 11.9. The van der Waals surface area contributed by atoms with Gasteiger partial charge in [-0.3, -0.25) is 0 Å². The van der Waals surface area contributed by atoms with Gasteiger partial charge in [0.1, 0.15) is 0 Å². The van der Waals surface area contributed by atoms with Crippen LogP contribution in [0.15, 0.2) is 0 Å². The number of fused-ring (bicyclic) bond motifs is 5. The summed E-state index contributed by atoms with van der Waals surface area (Å²) in [5.74, 6) is 0.984. The Kier molecular flexibility index (Phi) is 5.59. The summed E-state index contributed by atoms with van der Waals surface area (Å²) in [5, 5.41) is 34.6. The fourth-order valence-electron chi connectivity index (χ4n) is 11.5. The Labute approximate surface area is 208 Å². The molecule has 5 rings (SSSR count). The maximum Gasteiger partial charge on any atom is 0.0693 e. The minimum absolute atomic E-state index is 0.0247. The molecule has 4 aliphatic carbocycles. The third kappa shape index (κ3) is 3.16. The molecule has 0 aromatic heterocycles. The minimum atomic E-state index is -0.414. The van der Waals surface area contributed by atoms with Gasteiger partial charge in [-0.05, 0) is 124 Å². The average molecular weight is 477 g/mol. The first-order valence-corrected chi connectivity index (χ1v) is 14.3. The van der Waals surface area contributed by atoms with Crippen LogP contribution in [-0.4, -0.2) is 44.8 Å². The monoisotopic (exact) mass is 476 g/mol. The number of ether oxygens (including phenoxy) is 1. The minimum Gasteiger partial charge on any atom is -0.393 e. The molecule has 0 aromatic carbocycles. The van der Waals surface area contributed by atoms with Gasteiger partial charge in [0.15, 0.2) is 0 Å². The van der Waals surface area contributed by atoms with Crippen molar-refractivity contribution < 1.29 is 20.1 Å². The topological polar surface area (TPSA) is 69.9 Å². The summed E-state index contributed by atoms with van der Waals surface area (Å²) >= 11 is 0. The molecular formula is C30H52O4. The molecule has 196 valence electrons. The van der Waals surface area contributed by atoms with E-state index in [1.807, 2.05) is 0 Å². The van der Waals surface area contributed by atoms with Gasteiger partial charge < -0.3 is 20.1 Å². The van der Waals surface area contributed by atoms with E-state index in [1.54, 1.807) is 0 Å². The lowest BCUT2D eigenvalue weighted by Crippen LogP contribution is -2.70. The lowest BCUT2D eigenvalue weighted by atomic mass is 9.34. The van der Waals surface area contributed by atoms with Gasteiger partial charge in [-0.2, -0.15) is 0 Å². The Morgan fingerprint density at radius 2 is 1.41 bits per heavy atom. The molecule has 34 heavy (non-hydrogen) atoms. The van der Waals surface area contributed by atoms with Gasteiger partial charge in [0, 0.05) is 0 Å². The third-order valence-electron chi connectivity index (χ3n) is 13.0. The molecule has 3 N–H and O–H groups in total. The van der Waals surface area contributed by atoms with E-state index in [0.717, 1.165) is 51.4 Å². The van der Waals surface area contributed by atoms with Crippen molar-refractivity contribution in [3.8, 4) is 0 Å². The second-order valence-electron chi connectivity index (χ2n) is 15.5. The fraction of sp³-hybridized carbons (Fsp3) is 1.00. The number of hydrogen-bond acceptors (Lipinski definition) is 4. The zero-order chi connectivity index (χ0) is 25.1. The second-order valence-corrected chi connectivity index (χ2v) is 15.5. The maximum absolute atomic E-state index is 11.9. The predicted octanol–water partition coefficient (Wildman–Crippen LogP) is 5.71. The summed E-state index contributed by atoms with van der Waals surface area (Å²) in [5.41, 5.74) is -0.739. The molecule has 0 radical (unpaired) electrons. The van der Waals surface area contributed by atoms with Crippen molar-refractivity contribution in [3.05, 3.63) is 0 Å². The van der Waals surface area contributed by atoms with Crippen LogP contribution in [0.5, 0.6) is 0 Å². The highest BCUT2D eigenvalue weighted by molar-refractivity contribution is 5.21. The molecule has 0 bridgehead atoms.